The van der Waals surface area contributed by atoms with Crippen LogP contribution in [0, 0.1) is 0 Å². The van der Waals surface area contributed by atoms with Crippen molar-refractivity contribution in [3.05, 3.63) is 179 Å². The van der Waals surface area contributed by atoms with E-state index in [-0.39, 0.29) is 103 Å². The molecule has 29 heteroatoms. The third kappa shape index (κ3) is 55.5. The summed E-state index contributed by atoms with van der Waals surface area (Å²) < 4.78 is 41.7. The monoisotopic (exact) mass is 1480 g/mol. The number of ether oxygens (including phenoxy) is 3. The Morgan fingerprint density at radius 3 is 0.897 bits per heavy atom. The number of hydrogen-bond acceptors (Lipinski definition) is 22. The minimum absolute atomic E-state index is 0. The van der Waals surface area contributed by atoms with Gasteiger partial charge in [0.15, 0.2) is 15.3 Å². The van der Waals surface area contributed by atoms with Crippen LogP contribution in [0.25, 0.3) is 0 Å². The number of alkyl halides is 1. The zero-order chi connectivity index (χ0) is 73.2. The molecule has 6 rings (SSSR count). The summed E-state index contributed by atoms with van der Waals surface area (Å²) in [7, 11) is -3.46. The summed E-state index contributed by atoms with van der Waals surface area (Å²) in [5.41, 5.74) is 19.0. The van der Waals surface area contributed by atoms with E-state index in [1.165, 1.54) is 42.2 Å². The second kappa shape index (κ2) is 49.4. The topological polar surface area (TPSA) is 348 Å². The first kappa shape index (κ1) is 93.0. The third-order valence-corrected chi connectivity index (χ3v) is 13.7. The van der Waals surface area contributed by atoms with Crippen LogP contribution in [0.2, 0.25) is 0 Å². The first-order valence-electron chi connectivity index (χ1n) is 29.1. The van der Waals surface area contributed by atoms with Crippen molar-refractivity contribution < 1.29 is 127 Å². The maximum absolute atomic E-state index is 11.5. The molecule has 0 saturated carbocycles. The van der Waals surface area contributed by atoms with E-state index in [4.69, 9.17) is 47.5 Å². The van der Waals surface area contributed by atoms with Crippen LogP contribution in [-0.2, 0) is 102 Å². The number of aliphatic hydroxyl groups is 2. The Bertz CT molecular complexity index is 3440. The molecule has 526 valence electrons. The maximum atomic E-state index is 11.5. The predicted molar refractivity (Wildman–Crippen MR) is 392 cm³/mol. The zero-order valence-electron chi connectivity index (χ0n) is 57.5. The van der Waals surface area contributed by atoms with Crippen LogP contribution < -0.4 is 84.1 Å². The van der Waals surface area contributed by atoms with Gasteiger partial charge in [0.2, 0.25) is 5.91 Å². The molecular weight excluding hydrogens is 1390 g/mol. The minimum Gasteiger partial charge on any atom is -0.742 e. The van der Waals surface area contributed by atoms with Crippen molar-refractivity contribution in [3.63, 3.8) is 0 Å². The van der Waals surface area contributed by atoms with Crippen LogP contribution in [-0.4, -0.2) is 92.2 Å². The number of halogens is 1. The standard InChI is InChI=1S/C14H19NO3S.C13H19NO5S.C12H17NO3.C11H12ClNO2S.C9H11NOS.C7H9NO.C2H4OS.K/c1-10(16)19-9-11-5-7-12(8-6-11)15-13(17)18-14(2,3)4;1-13(2,3)19-12(15)14-11-7-5-10(6-8-11)9-18-20(4,16)17;1-12(2,3)16-11(15)13-10-6-4-9(8-14)5-7-10;1-8(14)16-7-9-2-4-10(5-3-9)13-11(15)6-12;1-7(11)12-6-8-2-4-9(10)5-3-8;8-7-3-1-6(5-9)2-4-7;1-2(3)4;/h5-8H,9H2,1-4H3,(H,15,17);5-8H,9H2,1-4H3,(H,14,15);4-7,14H,8H2,1-3H3,(H,13,15);2-5H,6-7H2,1H3,(H,13,15);2-5H,6,10H2,1H3;1-4,9H,5,8H2;1H3,(H,3,4);/q;;;;;;;+1/p-1. The van der Waals surface area contributed by atoms with Crippen molar-refractivity contribution in [3.8, 4) is 0 Å². The molecule has 0 unspecified atom stereocenters. The van der Waals surface area contributed by atoms with Gasteiger partial charge in [-0.3, -0.25) is 39.3 Å². The molecule has 0 fully saturated rings. The summed E-state index contributed by atoms with van der Waals surface area (Å²) >= 11 is 13.2. The number of benzene rings is 6. The summed E-state index contributed by atoms with van der Waals surface area (Å²) in [5, 5.41) is 28.0. The first-order valence-corrected chi connectivity index (χ1v) is 34.8. The molecule has 0 aliphatic heterocycles. The van der Waals surface area contributed by atoms with Crippen LogP contribution in [0.4, 0.5) is 48.5 Å². The number of carbonyl (C=O) groups is 8. The van der Waals surface area contributed by atoms with E-state index >= 15 is 0 Å². The van der Waals surface area contributed by atoms with Gasteiger partial charge in [0.25, 0.3) is 10.1 Å². The van der Waals surface area contributed by atoms with Gasteiger partial charge >= 0.3 is 69.7 Å². The molecule has 97 heavy (non-hydrogen) atoms. The quantitative estimate of drug-likeness (QED) is 0.0111. The number of carbonyl (C=O) groups excluding carboxylic acids is 8. The molecular formula is C68H90ClKN6O16S5. The Labute approximate surface area is 636 Å². The van der Waals surface area contributed by atoms with Gasteiger partial charge < -0.3 is 58.6 Å². The maximum Gasteiger partial charge on any atom is 1.00 e. The molecule has 0 saturated heterocycles. The van der Waals surface area contributed by atoms with Gasteiger partial charge in [0, 0.05) is 77.3 Å². The molecule has 0 atom stereocenters. The fourth-order valence-corrected chi connectivity index (χ4v) is 8.28. The zero-order valence-corrected chi connectivity index (χ0v) is 65.5. The molecule has 6 aromatic carbocycles. The Balaban J connectivity index is 0. The number of anilines is 6. The molecule has 6 aromatic rings. The van der Waals surface area contributed by atoms with Crippen LogP contribution in [0.1, 0.15) is 123 Å². The van der Waals surface area contributed by atoms with Gasteiger partial charge in [-0.25, -0.2) is 14.4 Å². The van der Waals surface area contributed by atoms with Gasteiger partial charge in [-0.15, -0.1) is 11.6 Å². The van der Waals surface area contributed by atoms with Crippen molar-refractivity contribution in [2.24, 2.45) is 0 Å². The average molecular weight is 1480 g/mol. The van der Waals surface area contributed by atoms with Gasteiger partial charge in [0.1, 0.15) is 22.7 Å². The number of amides is 4. The summed E-state index contributed by atoms with van der Waals surface area (Å²) in [6, 6.07) is 42.9. The molecule has 0 aromatic heterocycles. The van der Waals surface area contributed by atoms with E-state index in [0.29, 0.717) is 39.8 Å². The molecule has 0 heterocycles. The number of thioether (sulfide) groups is 3. The molecule has 4 amide bonds. The molecule has 0 aliphatic carbocycles. The van der Waals surface area contributed by atoms with Crippen molar-refractivity contribution >= 4 is 148 Å². The van der Waals surface area contributed by atoms with E-state index < -0.39 is 45.2 Å². The SMILES string of the molecule is CC(=O)SCc1ccc(N)cc1.CC(=O)SCc1ccc(NC(=O)CCl)cc1.CC(=O)SCc1ccc(NC(=O)OC(C)(C)C)cc1.CC(=O)[S-].CC(C)(C)OC(=O)Nc1ccc(CO)cc1.CC(C)(C)OC(=O)Nc1ccc(COS(C)(=O)=O)cc1.Nc1ccc(CO)cc1.[K+]. The van der Waals surface area contributed by atoms with Crippen LogP contribution in [0.3, 0.4) is 0 Å². The normalized spacial score (nSPS) is 10.4. The van der Waals surface area contributed by atoms with Crippen LogP contribution >= 0.6 is 46.9 Å². The summed E-state index contributed by atoms with van der Waals surface area (Å²) in [6.45, 7) is 22.2. The number of nitrogens with one attached hydrogen (secondary N) is 4. The van der Waals surface area contributed by atoms with E-state index in [0.717, 1.165) is 51.2 Å². The van der Waals surface area contributed by atoms with E-state index in [1.54, 1.807) is 159 Å². The van der Waals surface area contributed by atoms with Crippen molar-refractivity contribution in [2.45, 2.75) is 144 Å². The Morgan fingerprint density at radius 1 is 0.443 bits per heavy atom. The minimum atomic E-state index is -3.46. The third-order valence-electron chi connectivity index (χ3n) is 10.2. The van der Waals surface area contributed by atoms with Crippen molar-refractivity contribution in [2.75, 3.05) is 44.9 Å². The molecule has 10 N–H and O–H groups in total. The van der Waals surface area contributed by atoms with Gasteiger partial charge in [-0.05, 0) is 175 Å². The Morgan fingerprint density at radius 2 is 0.670 bits per heavy atom. The fourth-order valence-electron chi connectivity index (χ4n) is 6.17. The van der Waals surface area contributed by atoms with Crippen molar-refractivity contribution in [1.82, 2.24) is 0 Å². The van der Waals surface area contributed by atoms with E-state index in [1.807, 2.05) is 69.3 Å². The number of nitrogens with two attached hydrogens (primary N) is 2. The predicted octanol–water partition coefficient (Wildman–Crippen LogP) is 11.4. The van der Waals surface area contributed by atoms with Crippen molar-refractivity contribution in [1.29, 1.82) is 0 Å². The van der Waals surface area contributed by atoms with E-state index in [9.17, 15) is 46.8 Å². The molecule has 22 nitrogen and oxygen atoms in total. The van der Waals surface area contributed by atoms with Gasteiger partial charge in [-0.1, -0.05) is 108 Å². The largest absolute Gasteiger partial charge is 1.00 e. The summed E-state index contributed by atoms with van der Waals surface area (Å²) in [4.78, 5) is 87.0. The number of rotatable bonds is 16. The molecule has 0 spiro atoms. The second-order valence-corrected chi connectivity index (χ2v) is 28.9. The van der Waals surface area contributed by atoms with Gasteiger partial charge in [-0.2, -0.15) is 8.42 Å². The fraction of sp³-hybridized carbons (Fsp3) is 0.353. The Kier molecular flexibility index (Phi) is 47.4. The smallest absolute Gasteiger partial charge is 0.742 e. The number of nitrogen functional groups attached to an aromatic ring is 2. The summed E-state index contributed by atoms with van der Waals surface area (Å²) in [6.07, 6.45) is -0.508. The average Bonchev–Trinajstić information content (AvgIpc) is 1.36. The molecule has 0 bridgehead atoms. The molecule has 0 radical (unpaired) electrons. The Hall–Kier alpha value is -6.09. The van der Waals surface area contributed by atoms with E-state index in [2.05, 4.69) is 38.1 Å². The number of aliphatic hydroxyl groups excluding tert-OH is 2. The number of hydrogen-bond donors (Lipinski definition) is 8. The van der Waals surface area contributed by atoms with Crippen LogP contribution in [0.15, 0.2) is 146 Å². The van der Waals surface area contributed by atoms with Gasteiger partial charge in [0.05, 0.1) is 26.1 Å². The first-order chi connectivity index (χ1) is 44.6. The van der Waals surface area contributed by atoms with Crippen LogP contribution in [0.5, 0.6) is 0 Å². The molecule has 0 aliphatic rings. The second-order valence-electron chi connectivity index (χ2n) is 22.9. The summed E-state index contributed by atoms with van der Waals surface area (Å²) in [5.74, 6) is 1.74.